The van der Waals surface area contributed by atoms with E-state index in [-0.39, 0.29) is 12.4 Å². The molecule has 1 unspecified atom stereocenters. The van der Waals surface area contributed by atoms with E-state index in [4.69, 9.17) is 0 Å². The molecule has 1 aromatic carbocycles. The molecule has 0 heterocycles. The number of halogens is 1. The number of benzene rings is 1. The van der Waals surface area contributed by atoms with Crippen molar-refractivity contribution in [1.29, 1.82) is 0 Å². The standard InChI is InChI=1S/C14H15BrO4/c1-4-19-14(18)13(17)9(3)12(16)11-7-10(15)6-5-8(11)2/h5-7,9H,4H2,1-3H3. The van der Waals surface area contributed by atoms with Gasteiger partial charge in [0.1, 0.15) is 0 Å². The molecule has 1 rings (SSSR count). The summed E-state index contributed by atoms with van der Waals surface area (Å²) in [6.45, 7) is 4.92. The van der Waals surface area contributed by atoms with E-state index in [1.165, 1.54) is 6.92 Å². The molecular formula is C14H15BrO4. The van der Waals surface area contributed by atoms with Gasteiger partial charge in [0.25, 0.3) is 5.78 Å². The van der Waals surface area contributed by atoms with Gasteiger partial charge < -0.3 is 4.74 Å². The van der Waals surface area contributed by atoms with Crippen LogP contribution in [0, 0.1) is 12.8 Å². The van der Waals surface area contributed by atoms with Crippen LogP contribution in [0.4, 0.5) is 0 Å². The number of carbonyl (C=O) groups is 3. The van der Waals surface area contributed by atoms with Crippen LogP contribution >= 0.6 is 15.9 Å². The molecule has 0 amide bonds. The van der Waals surface area contributed by atoms with Gasteiger partial charge in [-0.1, -0.05) is 22.0 Å². The van der Waals surface area contributed by atoms with Crippen LogP contribution in [0.25, 0.3) is 0 Å². The number of rotatable bonds is 5. The quantitative estimate of drug-likeness (QED) is 0.361. The van der Waals surface area contributed by atoms with E-state index in [0.29, 0.717) is 5.56 Å². The highest BCUT2D eigenvalue weighted by molar-refractivity contribution is 9.10. The molecule has 102 valence electrons. The number of carbonyl (C=O) groups excluding carboxylic acids is 3. The second-order valence-electron chi connectivity index (χ2n) is 4.13. The lowest BCUT2D eigenvalue weighted by Crippen LogP contribution is -2.30. The van der Waals surface area contributed by atoms with Gasteiger partial charge in [0, 0.05) is 10.0 Å². The van der Waals surface area contributed by atoms with Crippen molar-refractivity contribution in [3.8, 4) is 0 Å². The zero-order valence-electron chi connectivity index (χ0n) is 11.0. The van der Waals surface area contributed by atoms with E-state index in [9.17, 15) is 14.4 Å². The van der Waals surface area contributed by atoms with Crippen LogP contribution in [0.1, 0.15) is 29.8 Å². The van der Waals surface area contributed by atoms with Gasteiger partial charge in [0.05, 0.1) is 12.5 Å². The molecule has 0 aliphatic heterocycles. The first-order valence-electron chi connectivity index (χ1n) is 5.89. The van der Waals surface area contributed by atoms with E-state index in [2.05, 4.69) is 20.7 Å². The third-order valence-electron chi connectivity index (χ3n) is 2.73. The Morgan fingerprint density at radius 3 is 2.53 bits per heavy atom. The van der Waals surface area contributed by atoms with Crippen LogP contribution in [0.5, 0.6) is 0 Å². The van der Waals surface area contributed by atoms with Crippen molar-refractivity contribution in [3.63, 3.8) is 0 Å². The second-order valence-corrected chi connectivity index (χ2v) is 5.05. The largest absolute Gasteiger partial charge is 0.460 e. The Bertz CT molecular complexity index is 522. The van der Waals surface area contributed by atoms with Crippen molar-refractivity contribution >= 4 is 33.5 Å². The number of aryl methyl sites for hydroxylation is 1. The second kappa shape index (κ2) is 6.61. The van der Waals surface area contributed by atoms with Gasteiger partial charge in [0.2, 0.25) is 0 Å². The highest BCUT2D eigenvalue weighted by Gasteiger charge is 2.29. The van der Waals surface area contributed by atoms with Crippen LogP contribution in [0.2, 0.25) is 0 Å². The normalized spacial score (nSPS) is 11.8. The molecule has 0 radical (unpaired) electrons. The maximum Gasteiger partial charge on any atom is 0.375 e. The summed E-state index contributed by atoms with van der Waals surface area (Å²) < 4.78 is 5.36. The summed E-state index contributed by atoms with van der Waals surface area (Å²) in [5.41, 5.74) is 1.19. The molecule has 0 N–H and O–H groups in total. The van der Waals surface area contributed by atoms with Crippen molar-refractivity contribution in [3.05, 3.63) is 33.8 Å². The molecular weight excluding hydrogens is 312 g/mol. The predicted octanol–water partition coefficient (Wildman–Crippen LogP) is 2.71. The number of Topliss-reactive ketones (excluding diaryl/α,β-unsaturated/α-hetero) is 2. The molecule has 0 bridgehead atoms. The molecule has 1 aromatic rings. The Labute approximate surface area is 120 Å². The third kappa shape index (κ3) is 3.73. The molecule has 0 aliphatic rings. The molecule has 4 nitrogen and oxygen atoms in total. The lowest BCUT2D eigenvalue weighted by Gasteiger charge is -2.11. The van der Waals surface area contributed by atoms with Crippen molar-refractivity contribution in [2.75, 3.05) is 6.61 Å². The summed E-state index contributed by atoms with van der Waals surface area (Å²) in [4.78, 5) is 35.3. The van der Waals surface area contributed by atoms with Gasteiger partial charge >= 0.3 is 5.97 Å². The Balaban J connectivity index is 2.96. The van der Waals surface area contributed by atoms with Gasteiger partial charge in [0.15, 0.2) is 5.78 Å². The zero-order chi connectivity index (χ0) is 14.6. The smallest absolute Gasteiger partial charge is 0.375 e. The van der Waals surface area contributed by atoms with Crippen molar-refractivity contribution < 1.29 is 19.1 Å². The fraction of sp³-hybridized carbons (Fsp3) is 0.357. The highest BCUT2D eigenvalue weighted by atomic mass is 79.9. The first-order chi connectivity index (χ1) is 8.88. The predicted molar refractivity (Wildman–Crippen MR) is 74.0 cm³/mol. The monoisotopic (exact) mass is 326 g/mol. The molecule has 0 fully saturated rings. The third-order valence-corrected chi connectivity index (χ3v) is 3.22. The fourth-order valence-corrected chi connectivity index (χ4v) is 1.95. The van der Waals surface area contributed by atoms with E-state index in [1.807, 2.05) is 6.07 Å². The van der Waals surface area contributed by atoms with E-state index in [0.717, 1.165) is 10.0 Å². The minimum absolute atomic E-state index is 0.112. The van der Waals surface area contributed by atoms with Crippen LogP contribution in [-0.4, -0.2) is 24.1 Å². The molecule has 0 spiro atoms. The van der Waals surface area contributed by atoms with E-state index in [1.54, 1.807) is 26.0 Å². The summed E-state index contributed by atoms with van der Waals surface area (Å²) in [5, 5.41) is 0. The van der Waals surface area contributed by atoms with Gasteiger partial charge in [-0.05, 0) is 38.5 Å². The van der Waals surface area contributed by atoms with Crippen molar-refractivity contribution in [1.82, 2.24) is 0 Å². The zero-order valence-corrected chi connectivity index (χ0v) is 12.6. The van der Waals surface area contributed by atoms with Crippen LogP contribution in [0.15, 0.2) is 22.7 Å². The number of hydrogen-bond acceptors (Lipinski definition) is 4. The lowest BCUT2D eigenvalue weighted by atomic mass is 9.93. The Morgan fingerprint density at radius 1 is 1.32 bits per heavy atom. The highest BCUT2D eigenvalue weighted by Crippen LogP contribution is 2.19. The summed E-state index contributed by atoms with van der Waals surface area (Å²) in [6.07, 6.45) is 0. The average molecular weight is 327 g/mol. The molecule has 0 aliphatic carbocycles. The summed E-state index contributed by atoms with van der Waals surface area (Å²) in [7, 11) is 0. The number of ether oxygens (including phenoxy) is 1. The number of ketones is 2. The SMILES string of the molecule is CCOC(=O)C(=O)C(C)C(=O)c1cc(Br)ccc1C. The minimum Gasteiger partial charge on any atom is -0.460 e. The molecule has 5 heteroatoms. The van der Waals surface area contributed by atoms with E-state index < -0.39 is 17.7 Å². The van der Waals surface area contributed by atoms with Crippen LogP contribution < -0.4 is 0 Å². The first kappa shape index (κ1) is 15.6. The van der Waals surface area contributed by atoms with Gasteiger partial charge in [-0.3, -0.25) is 9.59 Å². The lowest BCUT2D eigenvalue weighted by molar-refractivity contribution is -0.154. The van der Waals surface area contributed by atoms with Crippen molar-refractivity contribution in [2.45, 2.75) is 20.8 Å². The summed E-state index contributed by atoms with van der Waals surface area (Å²) in [6, 6.07) is 5.23. The molecule has 1 atom stereocenters. The topological polar surface area (TPSA) is 60.4 Å². The first-order valence-corrected chi connectivity index (χ1v) is 6.69. The van der Waals surface area contributed by atoms with Crippen LogP contribution in [-0.2, 0) is 14.3 Å². The van der Waals surface area contributed by atoms with Crippen molar-refractivity contribution in [2.24, 2.45) is 5.92 Å². The fourth-order valence-electron chi connectivity index (χ4n) is 1.59. The Kier molecular flexibility index (Phi) is 5.42. The Hall–Kier alpha value is -1.49. The maximum absolute atomic E-state index is 12.2. The molecule has 19 heavy (non-hydrogen) atoms. The summed E-state index contributed by atoms with van der Waals surface area (Å²) in [5.74, 6) is -3.19. The number of esters is 1. The minimum atomic E-state index is -1.04. The van der Waals surface area contributed by atoms with Gasteiger partial charge in [-0.2, -0.15) is 0 Å². The summed E-state index contributed by atoms with van der Waals surface area (Å²) >= 11 is 3.28. The molecule has 0 saturated heterocycles. The maximum atomic E-state index is 12.2. The molecule has 0 saturated carbocycles. The molecule has 0 aromatic heterocycles. The average Bonchev–Trinajstić information content (AvgIpc) is 2.39. The number of hydrogen-bond donors (Lipinski definition) is 0. The van der Waals surface area contributed by atoms with Gasteiger partial charge in [-0.15, -0.1) is 0 Å². The Morgan fingerprint density at radius 2 is 1.95 bits per heavy atom. The van der Waals surface area contributed by atoms with Gasteiger partial charge in [-0.25, -0.2) is 4.79 Å². The van der Waals surface area contributed by atoms with Crippen LogP contribution in [0.3, 0.4) is 0 Å². The van der Waals surface area contributed by atoms with E-state index >= 15 is 0 Å².